The smallest absolute Gasteiger partial charge is 0.0184 e. The number of thioether (sulfide) groups is 1. The fraction of sp³-hybridized carbons (Fsp3) is 0.600. The van der Waals surface area contributed by atoms with Crippen molar-refractivity contribution in [3.8, 4) is 0 Å². The average Bonchev–Trinajstić information content (AvgIpc) is 2.84. The van der Waals surface area contributed by atoms with Gasteiger partial charge in [-0.3, -0.25) is 0 Å². The van der Waals surface area contributed by atoms with Crippen molar-refractivity contribution in [2.75, 3.05) is 25.4 Å². The molecule has 0 radical (unpaired) electrons. The highest BCUT2D eigenvalue weighted by molar-refractivity contribution is 7.98. The molecule has 0 aromatic heterocycles. The highest BCUT2D eigenvalue weighted by Gasteiger charge is 2.09. The van der Waals surface area contributed by atoms with Gasteiger partial charge in [0.05, 0.1) is 0 Å². The summed E-state index contributed by atoms with van der Waals surface area (Å²) in [6.45, 7) is 6.12. The van der Waals surface area contributed by atoms with E-state index in [2.05, 4.69) is 47.9 Å². The third kappa shape index (κ3) is 4.72. The Hall–Kier alpha value is -0.470. The number of hydrogen-bond donors (Lipinski definition) is 0. The lowest BCUT2D eigenvalue weighted by Crippen LogP contribution is -2.20. The molecular formula is C15H23NS. The van der Waals surface area contributed by atoms with Gasteiger partial charge in [-0.1, -0.05) is 29.8 Å². The molecule has 1 nitrogen and oxygen atoms in total. The van der Waals surface area contributed by atoms with E-state index in [0.717, 1.165) is 0 Å². The Balaban J connectivity index is 1.55. The van der Waals surface area contributed by atoms with Crippen LogP contribution in [0.25, 0.3) is 0 Å². The SMILES string of the molecule is Cc1ccc(CSCCCN2CCCC2)cc1. The zero-order valence-corrected chi connectivity index (χ0v) is 11.6. The highest BCUT2D eigenvalue weighted by Crippen LogP contribution is 2.15. The molecule has 0 amide bonds. The van der Waals surface area contributed by atoms with E-state index in [0.29, 0.717) is 0 Å². The second-order valence-electron chi connectivity index (χ2n) is 4.94. The van der Waals surface area contributed by atoms with Gasteiger partial charge in [0.25, 0.3) is 0 Å². The number of hydrogen-bond acceptors (Lipinski definition) is 2. The molecule has 1 aromatic rings. The zero-order valence-electron chi connectivity index (χ0n) is 10.8. The molecule has 0 saturated carbocycles. The van der Waals surface area contributed by atoms with Gasteiger partial charge in [-0.15, -0.1) is 0 Å². The van der Waals surface area contributed by atoms with Crippen molar-refractivity contribution in [3.05, 3.63) is 35.4 Å². The van der Waals surface area contributed by atoms with E-state index in [9.17, 15) is 0 Å². The van der Waals surface area contributed by atoms with E-state index >= 15 is 0 Å². The van der Waals surface area contributed by atoms with E-state index in [-0.39, 0.29) is 0 Å². The van der Waals surface area contributed by atoms with Crippen LogP contribution in [0, 0.1) is 6.92 Å². The van der Waals surface area contributed by atoms with Crippen LogP contribution in [0.15, 0.2) is 24.3 Å². The number of rotatable bonds is 6. The van der Waals surface area contributed by atoms with Crippen LogP contribution in [0.1, 0.15) is 30.4 Å². The summed E-state index contributed by atoms with van der Waals surface area (Å²) in [5.41, 5.74) is 2.81. The maximum absolute atomic E-state index is 2.60. The number of benzene rings is 1. The molecule has 94 valence electrons. The Morgan fingerprint density at radius 2 is 1.82 bits per heavy atom. The molecule has 2 heteroatoms. The predicted octanol–water partition coefficient (Wildman–Crippen LogP) is 3.71. The minimum absolute atomic E-state index is 1.17. The average molecular weight is 249 g/mol. The van der Waals surface area contributed by atoms with Crippen molar-refractivity contribution in [1.82, 2.24) is 4.90 Å². The van der Waals surface area contributed by atoms with Crippen molar-refractivity contribution >= 4 is 11.8 Å². The second-order valence-corrected chi connectivity index (χ2v) is 6.05. The molecule has 0 aliphatic carbocycles. The molecule has 1 heterocycles. The van der Waals surface area contributed by atoms with Crippen LogP contribution in [0.5, 0.6) is 0 Å². The summed E-state index contributed by atoms with van der Waals surface area (Å²) in [5.74, 6) is 2.46. The largest absolute Gasteiger partial charge is 0.303 e. The Bertz CT molecular complexity index is 314. The quantitative estimate of drug-likeness (QED) is 0.707. The molecule has 0 unspecified atom stereocenters. The van der Waals surface area contributed by atoms with Gasteiger partial charge < -0.3 is 4.90 Å². The van der Waals surface area contributed by atoms with Gasteiger partial charge in [0.2, 0.25) is 0 Å². The van der Waals surface area contributed by atoms with E-state index in [1.807, 2.05) is 0 Å². The first kappa shape index (κ1) is 13.0. The van der Waals surface area contributed by atoms with E-state index < -0.39 is 0 Å². The van der Waals surface area contributed by atoms with Crippen LogP contribution in [0.3, 0.4) is 0 Å². The van der Waals surface area contributed by atoms with Crippen molar-refractivity contribution in [2.45, 2.75) is 31.9 Å². The van der Waals surface area contributed by atoms with Gasteiger partial charge >= 0.3 is 0 Å². The van der Waals surface area contributed by atoms with Gasteiger partial charge in [0.1, 0.15) is 0 Å². The lowest BCUT2D eigenvalue weighted by Gasteiger charge is -2.13. The first-order chi connectivity index (χ1) is 8.34. The van der Waals surface area contributed by atoms with Gasteiger partial charge in [0.15, 0.2) is 0 Å². The normalized spacial score (nSPS) is 16.5. The third-order valence-electron chi connectivity index (χ3n) is 3.35. The van der Waals surface area contributed by atoms with Gasteiger partial charge in [-0.2, -0.15) is 11.8 Å². The third-order valence-corrected chi connectivity index (χ3v) is 4.47. The summed E-state index contributed by atoms with van der Waals surface area (Å²) >= 11 is 2.07. The Morgan fingerprint density at radius 3 is 2.53 bits per heavy atom. The van der Waals surface area contributed by atoms with E-state index in [1.165, 1.54) is 61.5 Å². The molecule has 1 aliphatic rings. The van der Waals surface area contributed by atoms with Crippen molar-refractivity contribution in [1.29, 1.82) is 0 Å². The Labute approximate surface area is 110 Å². The zero-order chi connectivity index (χ0) is 11.9. The van der Waals surface area contributed by atoms with Crippen LogP contribution < -0.4 is 0 Å². The Morgan fingerprint density at radius 1 is 1.12 bits per heavy atom. The molecule has 17 heavy (non-hydrogen) atoms. The lowest BCUT2D eigenvalue weighted by atomic mass is 10.2. The summed E-state index contributed by atoms with van der Waals surface area (Å²) in [4.78, 5) is 2.60. The number of likely N-dealkylation sites (tertiary alicyclic amines) is 1. The standard InChI is InChI=1S/C15H23NS/c1-14-5-7-15(8-6-14)13-17-12-4-11-16-9-2-3-10-16/h5-8H,2-4,9-13H2,1H3. The van der Waals surface area contributed by atoms with E-state index in [4.69, 9.17) is 0 Å². The number of nitrogens with zero attached hydrogens (tertiary/aromatic N) is 1. The van der Waals surface area contributed by atoms with Crippen LogP contribution in [-0.4, -0.2) is 30.3 Å². The second kappa shape index (κ2) is 7.07. The summed E-state index contributed by atoms with van der Waals surface area (Å²) in [6.07, 6.45) is 4.17. The number of aryl methyl sites for hydroxylation is 1. The molecule has 1 aliphatic heterocycles. The molecule has 0 bridgehead atoms. The molecule has 0 atom stereocenters. The van der Waals surface area contributed by atoms with Crippen LogP contribution in [0.2, 0.25) is 0 Å². The van der Waals surface area contributed by atoms with Crippen molar-refractivity contribution in [3.63, 3.8) is 0 Å². The van der Waals surface area contributed by atoms with Crippen LogP contribution in [-0.2, 0) is 5.75 Å². The molecule has 1 saturated heterocycles. The van der Waals surface area contributed by atoms with Crippen LogP contribution >= 0.6 is 11.8 Å². The maximum atomic E-state index is 2.60. The van der Waals surface area contributed by atoms with Crippen molar-refractivity contribution in [2.24, 2.45) is 0 Å². The summed E-state index contributed by atoms with van der Waals surface area (Å²) in [7, 11) is 0. The van der Waals surface area contributed by atoms with Crippen molar-refractivity contribution < 1.29 is 0 Å². The fourth-order valence-corrected chi connectivity index (χ4v) is 3.18. The van der Waals surface area contributed by atoms with Gasteiger partial charge in [-0.25, -0.2) is 0 Å². The first-order valence-electron chi connectivity index (χ1n) is 6.70. The molecule has 2 rings (SSSR count). The summed E-state index contributed by atoms with van der Waals surface area (Å²) < 4.78 is 0. The summed E-state index contributed by atoms with van der Waals surface area (Å²) in [6, 6.07) is 8.92. The topological polar surface area (TPSA) is 3.24 Å². The molecule has 1 fully saturated rings. The highest BCUT2D eigenvalue weighted by atomic mass is 32.2. The lowest BCUT2D eigenvalue weighted by molar-refractivity contribution is 0.341. The fourth-order valence-electron chi connectivity index (χ4n) is 2.27. The summed E-state index contributed by atoms with van der Waals surface area (Å²) in [5, 5.41) is 0. The maximum Gasteiger partial charge on any atom is 0.0184 e. The minimum atomic E-state index is 1.17. The van der Waals surface area contributed by atoms with E-state index in [1.54, 1.807) is 0 Å². The molecular weight excluding hydrogens is 226 g/mol. The minimum Gasteiger partial charge on any atom is -0.303 e. The molecule has 0 N–H and O–H groups in total. The molecule has 0 spiro atoms. The van der Waals surface area contributed by atoms with Crippen LogP contribution in [0.4, 0.5) is 0 Å². The Kier molecular flexibility index (Phi) is 5.40. The predicted molar refractivity (Wildman–Crippen MR) is 77.6 cm³/mol. The van der Waals surface area contributed by atoms with Gasteiger partial charge in [-0.05, 0) is 57.1 Å². The molecule has 1 aromatic carbocycles. The monoisotopic (exact) mass is 249 g/mol. The first-order valence-corrected chi connectivity index (χ1v) is 7.86. The van der Waals surface area contributed by atoms with Gasteiger partial charge in [0, 0.05) is 5.75 Å².